The molecule has 4 aromatic rings. The van der Waals surface area contributed by atoms with Gasteiger partial charge in [0.15, 0.2) is 0 Å². The number of carbonyl (C=O) groups is 2. The molecular formula is C27H26FN7O3. The molecule has 10 nitrogen and oxygen atoms in total. The van der Waals surface area contributed by atoms with Crippen molar-refractivity contribution in [3.63, 3.8) is 0 Å². The van der Waals surface area contributed by atoms with E-state index in [-0.39, 0.29) is 11.9 Å². The number of hydrogen-bond donors (Lipinski definition) is 1. The van der Waals surface area contributed by atoms with Crippen LogP contribution >= 0.6 is 0 Å². The Labute approximate surface area is 218 Å². The molecule has 11 heteroatoms. The minimum Gasteiger partial charge on any atom is -0.442 e. The van der Waals surface area contributed by atoms with Crippen LogP contribution in [0.25, 0.3) is 22.4 Å². The van der Waals surface area contributed by atoms with Crippen LogP contribution in [-0.4, -0.2) is 61.1 Å². The number of amides is 2. The number of anilines is 1. The molecular weight excluding hydrogens is 489 g/mol. The number of imidazole rings is 1. The standard InChI is InChI=1S/C27H26FN7O3/c1-17(36)34-11-2-3-25(34)26-29-14-24(31-26)19-6-4-18(5-7-19)22-9-8-20(13-23(22)28)35-16-21(38-27(35)37)15-33-12-10-30-32-33/h4-10,12-14,21,25H,2-3,11,15-16H2,1H3,(H,29,31)/t21-,25-/m0/s1. The van der Waals surface area contributed by atoms with Crippen LogP contribution in [-0.2, 0) is 16.1 Å². The zero-order valence-electron chi connectivity index (χ0n) is 20.7. The lowest BCUT2D eigenvalue weighted by Crippen LogP contribution is -2.28. The van der Waals surface area contributed by atoms with Crippen LogP contribution in [0.1, 0.15) is 31.6 Å². The summed E-state index contributed by atoms with van der Waals surface area (Å²) in [6, 6.07) is 12.2. The van der Waals surface area contributed by atoms with Gasteiger partial charge in [0.25, 0.3) is 0 Å². The quantitative estimate of drug-likeness (QED) is 0.413. The molecule has 2 fully saturated rings. The second-order valence-corrected chi connectivity index (χ2v) is 9.54. The fraction of sp³-hybridized carbons (Fsp3) is 0.296. The number of halogens is 1. The highest BCUT2D eigenvalue weighted by Crippen LogP contribution is 2.33. The van der Waals surface area contributed by atoms with E-state index in [2.05, 4.69) is 20.3 Å². The topological polar surface area (TPSA) is 109 Å². The van der Waals surface area contributed by atoms with Crippen molar-refractivity contribution >= 4 is 17.7 Å². The number of aromatic amines is 1. The molecule has 2 aromatic heterocycles. The third-order valence-electron chi connectivity index (χ3n) is 7.08. The van der Waals surface area contributed by atoms with E-state index >= 15 is 4.39 Å². The van der Waals surface area contributed by atoms with Gasteiger partial charge in [-0.1, -0.05) is 29.5 Å². The Balaban J connectivity index is 1.16. The lowest BCUT2D eigenvalue weighted by atomic mass is 10.0. The number of hydrogen-bond acceptors (Lipinski definition) is 6. The van der Waals surface area contributed by atoms with Gasteiger partial charge in [-0.2, -0.15) is 0 Å². The Morgan fingerprint density at radius 3 is 2.74 bits per heavy atom. The van der Waals surface area contributed by atoms with Crippen molar-refractivity contribution in [1.29, 1.82) is 0 Å². The van der Waals surface area contributed by atoms with Gasteiger partial charge in [-0.25, -0.2) is 18.9 Å². The van der Waals surface area contributed by atoms with Crippen LogP contribution in [0.5, 0.6) is 0 Å². The van der Waals surface area contributed by atoms with E-state index < -0.39 is 18.0 Å². The number of rotatable bonds is 6. The summed E-state index contributed by atoms with van der Waals surface area (Å²) in [5.74, 6) is 0.399. The van der Waals surface area contributed by atoms with Crippen molar-refractivity contribution in [2.24, 2.45) is 0 Å². The third kappa shape index (κ3) is 4.51. The van der Waals surface area contributed by atoms with E-state index in [4.69, 9.17) is 4.74 Å². The molecule has 0 bridgehead atoms. The molecule has 194 valence electrons. The number of likely N-dealkylation sites (tertiary alicyclic amines) is 1. The molecule has 2 atom stereocenters. The highest BCUT2D eigenvalue weighted by atomic mass is 19.1. The molecule has 0 saturated carbocycles. The van der Waals surface area contributed by atoms with Gasteiger partial charge in [0.1, 0.15) is 17.7 Å². The number of carbonyl (C=O) groups excluding carboxylic acids is 2. The number of ether oxygens (including phenoxy) is 1. The maximum Gasteiger partial charge on any atom is 0.414 e. The van der Waals surface area contributed by atoms with Gasteiger partial charge in [-0.05, 0) is 42.2 Å². The minimum atomic E-state index is -0.519. The molecule has 4 heterocycles. The van der Waals surface area contributed by atoms with E-state index in [1.165, 1.54) is 11.0 Å². The first-order valence-corrected chi connectivity index (χ1v) is 12.5. The lowest BCUT2D eigenvalue weighted by molar-refractivity contribution is -0.129. The lowest BCUT2D eigenvalue weighted by Gasteiger charge is -2.21. The average Bonchev–Trinajstić information content (AvgIpc) is 3.71. The zero-order valence-corrected chi connectivity index (χ0v) is 20.7. The van der Waals surface area contributed by atoms with Crippen LogP contribution in [0.3, 0.4) is 0 Å². The van der Waals surface area contributed by atoms with Crippen LogP contribution in [0.4, 0.5) is 14.9 Å². The summed E-state index contributed by atoms with van der Waals surface area (Å²) in [5, 5.41) is 7.64. The molecule has 2 amide bonds. The van der Waals surface area contributed by atoms with Crippen molar-refractivity contribution in [1.82, 2.24) is 29.9 Å². The monoisotopic (exact) mass is 515 g/mol. The number of nitrogens with one attached hydrogen (secondary N) is 1. The van der Waals surface area contributed by atoms with E-state index in [0.29, 0.717) is 29.9 Å². The molecule has 1 N–H and O–H groups in total. The largest absolute Gasteiger partial charge is 0.442 e. The summed E-state index contributed by atoms with van der Waals surface area (Å²) in [4.78, 5) is 35.4. The smallest absolute Gasteiger partial charge is 0.414 e. The van der Waals surface area contributed by atoms with Crippen molar-refractivity contribution in [2.75, 3.05) is 18.0 Å². The van der Waals surface area contributed by atoms with Gasteiger partial charge in [-0.15, -0.1) is 5.10 Å². The first kappa shape index (κ1) is 23.8. The van der Waals surface area contributed by atoms with Crippen LogP contribution < -0.4 is 4.90 Å². The van der Waals surface area contributed by atoms with Gasteiger partial charge in [0, 0.05) is 25.2 Å². The first-order valence-electron chi connectivity index (χ1n) is 12.5. The predicted octanol–water partition coefficient (Wildman–Crippen LogP) is 4.18. The fourth-order valence-corrected chi connectivity index (χ4v) is 5.18. The maximum absolute atomic E-state index is 15.2. The fourth-order valence-electron chi connectivity index (χ4n) is 5.18. The van der Waals surface area contributed by atoms with Crippen molar-refractivity contribution < 1.29 is 18.7 Å². The van der Waals surface area contributed by atoms with E-state index in [0.717, 1.165) is 36.5 Å². The van der Waals surface area contributed by atoms with Crippen LogP contribution in [0.15, 0.2) is 61.1 Å². The summed E-state index contributed by atoms with van der Waals surface area (Å²) in [7, 11) is 0. The van der Waals surface area contributed by atoms with Gasteiger partial charge >= 0.3 is 6.09 Å². The van der Waals surface area contributed by atoms with E-state index in [1.807, 2.05) is 29.2 Å². The molecule has 2 aliphatic rings. The Hall–Kier alpha value is -4.54. The second-order valence-electron chi connectivity index (χ2n) is 9.54. The number of H-pyrrole nitrogens is 1. The van der Waals surface area contributed by atoms with Crippen molar-refractivity contribution in [2.45, 2.75) is 38.5 Å². The first-order chi connectivity index (χ1) is 18.5. The Morgan fingerprint density at radius 2 is 2.00 bits per heavy atom. The molecule has 0 radical (unpaired) electrons. The predicted molar refractivity (Wildman–Crippen MR) is 136 cm³/mol. The van der Waals surface area contributed by atoms with Crippen LogP contribution in [0.2, 0.25) is 0 Å². The zero-order chi connectivity index (χ0) is 26.2. The molecule has 0 spiro atoms. The molecule has 0 aliphatic carbocycles. The Kier molecular flexibility index (Phi) is 6.10. The number of benzene rings is 2. The normalized spacial score (nSPS) is 19.3. The summed E-state index contributed by atoms with van der Waals surface area (Å²) in [6.45, 7) is 3.00. The van der Waals surface area contributed by atoms with Gasteiger partial charge < -0.3 is 14.6 Å². The summed E-state index contributed by atoms with van der Waals surface area (Å²) in [6.07, 6.45) is 5.94. The van der Waals surface area contributed by atoms with Gasteiger partial charge in [-0.3, -0.25) is 9.69 Å². The maximum atomic E-state index is 15.2. The number of aromatic nitrogens is 5. The van der Waals surface area contributed by atoms with Crippen LogP contribution in [0, 0.1) is 5.82 Å². The van der Waals surface area contributed by atoms with Gasteiger partial charge in [0.05, 0.1) is 42.9 Å². The highest BCUT2D eigenvalue weighted by molar-refractivity contribution is 5.90. The number of cyclic esters (lactones) is 1. The summed E-state index contributed by atoms with van der Waals surface area (Å²) >= 11 is 0. The number of nitrogens with zero attached hydrogens (tertiary/aromatic N) is 6. The SMILES string of the molecule is CC(=O)N1CCC[C@H]1c1ncc(-c2ccc(-c3ccc(N4C[C@H](Cn5ccnn5)OC4=O)cc3F)cc2)[nH]1. The van der Waals surface area contributed by atoms with E-state index in [1.54, 1.807) is 42.3 Å². The van der Waals surface area contributed by atoms with E-state index in [9.17, 15) is 9.59 Å². The van der Waals surface area contributed by atoms with Crippen molar-refractivity contribution in [3.05, 3.63) is 72.7 Å². The summed E-state index contributed by atoms with van der Waals surface area (Å²) < 4.78 is 22.2. The molecule has 2 saturated heterocycles. The third-order valence-corrected chi connectivity index (χ3v) is 7.08. The highest BCUT2D eigenvalue weighted by Gasteiger charge is 2.33. The molecule has 38 heavy (non-hydrogen) atoms. The molecule has 2 aromatic carbocycles. The molecule has 2 aliphatic heterocycles. The summed E-state index contributed by atoms with van der Waals surface area (Å²) in [5.41, 5.74) is 3.33. The van der Waals surface area contributed by atoms with Crippen molar-refractivity contribution in [3.8, 4) is 22.4 Å². The van der Waals surface area contributed by atoms with Gasteiger partial charge in [0.2, 0.25) is 5.91 Å². The average molecular weight is 516 g/mol. The molecule has 0 unspecified atom stereocenters. The Bertz CT molecular complexity index is 1470. The Morgan fingerprint density at radius 1 is 1.18 bits per heavy atom. The second kappa shape index (κ2) is 9.73. The minimum absolute atomic E-state index is 0.0288. The molecule has 6 rings (SSSR count).